The molecule has 0 saturated heterocycles. The zero-order valence-electron chi connectivity index (χ0n) is 28.1. The van der Waals surface area contributed by atoms with Crippen LogP contribution in [-0.2, 0) is 0 Å². The summed E-state index contributed by atoms with van der Waals surface area (Å²) in [5, 5.41) is 8.84. The summed E-state index contributed by atoms with van der Waals surface area (Å²) in [6, 6.07) is 62.3. The molecule has 3 nitrogen and oxygen atoms in total. The van der Waals surface area contributed by atoms with Gasteiger partial charge < -0.3 is 9.13 Å². The fourth-order valence-corrected chi connectivity index (χ4v) is 9.04. The van der Waals surface area contributed by atoms with Crippen LogP contribution in [-0.4, -0.2) is 14.1 Å². The molecule has 0 amide bonds. The Bertz CT molecular complexity index is 3280. The van der Waals surface area contributed by atoms with E-state index in [0.29, 0.717) is 0 Å². The van der Waals surface area contributed by atoms with Gasteiger partial charge in [-0.1, -0.05) is 97.1 Å². The average molecular weight is 660 g/mol. The zero-order valence-corrected chi connectivity index (χ0v) is 28.1. The van der Waals surface area contributed by atoms with Crippen molar-refractivity contribution in [3.05, 3.63) is 176 Å². The minimum atomic E-state index is 1.05. The second-order valence-electron chi connectivity index (χ2n) is 14.0. The first-order valence-corrected chi connectivity index (χ1v) is 17.9. The van der Waals surface area contributed by atoms with Gasteiger partial charge in [-0.05, 0) is 117 Å². The van der Waals surface area contributed by atoms with Crippen molar-refractivity contribution in [1.82, 2.24) is 14.1 Å². The predicted octanol–water partition coefficient (Wildman–Crippen LogP) is 12.9. The molecule has 240 valence electrons. The van der Waals surface area contributed by atoms with Crippen molar-refractivity contribution in [1.29, 1.82) is 0 Å². The molecule has 3 aromatic heterocycles. The smallest absolute Gasteiger partial charge is 0.0714 e. The maximum absolute atomic E-state index is 4.67. The number of hydrogen-bond acceptors (Lipinski definition) is 1. The molecule has 0 unspecified atom stereocenters. The van der Waals surface area contributed by atoms with Gasteiger partial charge >= 0.3 is 0 Å². The summed E-state index contributed by atoms with van der Waals surface area (Å²) in [6.07, 6.45) is 1.93. The molecule has 1 aliphatic carbocycles. The zero-order chi connectivity index (χ0) is 33.9. The molecule has 0 fully saturated rings. The SMILES string of the molecule is c1ccc(-n2c3ccc(-c4ccc5c(c4)c4ccccc4n5-c4ccc5c(c4)-c4ccnc6cccc-5c46)cc3c3c4ccccc4ccc32)cc1. The summed E-state index contributed by atoms with van der Waals surface area (Å²) in [7, 11) is 0. The number of aromatic nitrogens is 3. The fourth-order valence-electron chi connectivity index (χ4n) is 9.04. The van der Waals surface area contributed by atoms with Crippen molar-refractivity contribution >= 4 is 65.3 Å². The number of benzene rings is 8. The minimum Gasteiger partial charge on any atom is -0.309 e. The molecular weight excluding hydrogens is 631 g/mol. The molecule has 0 spiro atoms. The van der Waals surface area contributed by atoms with E-state index < -0.39 is 0 Å². The van der Waals surface area contributed by atoms with Crippen LogP contribution < -0.4 is 0 Å². The van der Waals surface area contributed by atoms with Crippen molar-refractivity contribution in [2.75, 3.05) is 0 Å². The Morgan fingerprint density at radius 3 is 1.92 bits per heavy atom. The first-order valence-electron chi connectivity index (χ1n) is 17.9. The molecule has 0 atom stereocenters. The van der Waals surface area contributed by atoms with Gasteiger partial charge in [0.2, 0.25) is 0 Å². The van der Waals surface area contributed by atoms with E-state index in [1.54, 1.807) is 0 Å². The number of para-hydroxylation sites is 2. The van der Waals surface area contributed by atoms with Crippen LogP contribution in [0.25, 0.3) is 110 Å². The van der Waals surface area contributed by atoms with E-state index in [0.717, 1.165) is 11.2 Å². The molecular formula is C49H29N3. The fraction of sp³-hybridized carbons (Fsp3) is 0. The molecule has 8 aromatic carbocycles. The molecule has 1 aliphatic rings. The number of rotatable bonds is 3. The second kappa shape index (κ2) is 10.3. The Labute approximate surface area is 299 Å². The van der Waals surface area contributed by atoms with E-state index in [9.17, 15) is 0 Å². The maximum Gasteiger partial charge on any atom is 0.0714 e. The highest BCUT2D eigenvalue weighted by Gasteiger charge is 2.23. The topological polar surface area (TPSA) is 22.8 Å². The van der Waals surface area contributed by atoms with Gasteiger partial charge in [-0.25, -0.2) is 0 Å². The highest BCUT2D eigenvalue weighted by atomic mass is 15.0. The van der Waals surface area contributed by atoms with Gasteiger partial charge in [-0.15, -0.1) is 0 Å². The Balaban J connectivity index is 1.07. The van der Waals surface area contributed by atoms with Crippen molar-refractivity contribution in [2.45, 2.75) is 0 Å². The van der Waals surface area contributed by atoms with Gasteiger partial charge in [0.05, 0.1) is 27.6 Å². The van der Waals surface area contributed by atoms with Gasteiger partial charge in [-0.2, -0.15) is 0 Å². The van der Waals surface area contributed by atoms with Gasteiger partial charge in [0.15, 0.2) is 0 Å². The van der Waals surface area contributed by atoms with Crippen LogP contribution in [0, 0.1) is 0 Å². The lowest BCUT2D eigenvalue weighted by atomic mass is 9.99. The Hall–Kier alpha value is -6.97. The van der Waals surface area contributed by atoms with Crippen molar-refractivity contribution in [3.8, 4) is 44.8 Å². The molecule has 0 saturated carbocycles. The second-order valence-corrected chi connectivity index (χ2v) is 14.0. The lowest BCUT2D eigenvalue weighted by Crippen LogP contribution is -1.94. The lowest BCUT2D eigenvalue weighted by Gasteiger charge is -2.11. The Morgan fingerprint density at radius 2 is 1.04 bits per heavy atom. The third-order valence-corrected chi connectivity index (χ3v) is 11.3. The first kappa shape index (κ1) is 27.8. The van der Waals surface area contributed by atoms with Crippen LogP contribution in [0.2, 0.25) is 0 Å². The van der Waals surface area contributed by atoms with Crippen molar-refractivity contribution in [3.63, 3.8) is 0 Å². The normalized spacial score (nSPS) is 12.2. The van der Waals surface area contributed by atoms with Gasteiger partial charge in [0.1, 0.15) is 0 Å². The molecule has 0 aliphatic heterocycles. The summed E-state index contributed by atoms with van der Waals surface area (Å²) in [5.41, 5.74) is 15.7. The predicted molar refractivity (Wildman–Crippen MR) is 218 cm³/mol. The highest BCUT2D eigenvalue weighted by Crippen LogP contribution is 2.48. The van der Waals surface area contributed by atoms with Crippen molar-refractivity contribution < 1.29 is 0 Å². The van der Waals surface area contributed by atoms with E-state index in [1.807, 2.05) is 6.20 Å². The summed E-state index contributed by atoms with van der Waals surface area (Å²) >= 11 is 0. The summed E-state index contributed by atoms with van der Waals surface area (Å²) in [6.45, 7) is 0. The molecule has 0 radical (unpaired) electrons. The first-order chi connectivity index (χ1) is 25.8. The maximum atomic E-state index is 4.67. The molecule has 0 N–H and O–H groups in total. The van der Waals surface area contributed by atoms with Crippen LogP contribution in [0.1, 0.15) is 0 Å². The van der Waals surface area contributed by atoms with E-state index in [4.69, 9.17) is 0 Å². The van der Waals surface area contributed by atoms with E-state index >= 15 is 0 Å². The molecule has 3 heterocycles. The van der Waals surface area contributed by atoms with Crippen LogP contribution in [0.4, 0.5) is 0 Å². The third-order valence-electron chi connectivity index (χ3n) is 11.3. The number of fused-ring (bicyclic) bond motifs is 11. The Morgan fingerprint density at radius 1 is 0.346 bits per heavy atom. The van der Waals surface area contributed by atoms with Crippen LogP contribution in [0.5, 0.6) is 0 Å². The third kappa shape index (κ3) is 3.72. The van der Waals surface area contributed by atoms with Crippen molar-refractivity contribution in [2.24, 2.45) is 0 Å². The van der Waals surface area contributed by atoms with Crippen LogP contribution in [0.3, 0.4) is 0 Å². The van der Waals surface area contributed by atoms with Gasteiger partial charge in [0.25, 0.3) is 0 Å². The number of nitrogens with zero attached hydrogens (tertiary/aromatic N) is 3. The Kier molecular flexibility index (Phi) is 5.50. The molecule has 12 rings (SSSR count). The van der Waals surface area contributed by atoms with Crippen LogP contribution >= 0.6 is 0 Å². The quantitative estimate of drug-likeness (QED) is 0.185. The summed E-state index contributed by atoms with van der Waals surface area (Å²) in [4.78, 5) is 4.67. The molecule has 11 aromatic rings. The molecule has 0 bridgehead atoms. The number of hydrogen-bond donors (Lipinski definition) is 0. The monoisotopic (exact) mass is 659 g/mol. The van der Waals surface area contributed by atoms with Crippen LogP contribution in [0.15, 0.2) is 176 Å². The summed E-state index contributed by atoms with van der Waals surface area (Å²) in [5.74, 6) is 0. The minimum absolute atomic E-state index is 1.05. The van der Waals surface area contributed by atoms with E-state index in [1.165, 1.54) is 98.8 Å². The van der Waals surface area contributed by atoms with E-state index in [2.05, 4.69) is 184 Å². The number of pyridine rings is 1. The average Bonchev–Trinajstić information content (AvgIpc) is 3.84. The van der Waals surface area contributed by atoms with Gasteiger partial charge in [0, 0.05) is 44.5 Å². The summed E-state index contributed by atoms with van der Waals surface area (Å²) < 4.78 is 4.84. The van der Waals surface area contributed by atoms with Gasteiger partial charge in [-0.3, -0.25) is 4.98 Å². The van der Waals surface area contributed by atoms with E-state index in [-0.39, 0.29) is 0 Å². The standard InChI is InChI=1S/C49H29N3/c1-2-10-33(11-3-1)51-46-23-19-32(28-42(46)49-35-12-5-4-9-30(35)17-24-47(49)51)31-18-22-45-41(27-31)37-13-6-7-16-44(37)52(45)34-20-21-36-38-14-8-15-43-48(38)39(25-26-50-43)40(36)29-34/h1-29H. The highest BCUT2D eigenvalue weighted by molar-refractivity contribution is 6.22. The lowest BCUT2D eigenvalue weighted by molar-refractivity contribution is 1.18. The largest absolute Gasteiger partial charge is 0.309 e. The molecule has 3 heteroatoms. The molecule has 52 heavy (non-hydrogen) atoms.